The third kappa shape index (κ3) is 4.60. The molecule has 0 spiro atoms. The van der Waals surface area contributed by atoms with Gasteiger partial charge in [0.25, 0.3) is 0 Å². The largest absolute Gasteiger partial charge is 0.450 e. The summed E-state index contributed by atoms with van der Waals surface area (Å²) in [6.07, 6.45) is -6.92. The molecule has 0 aliphatic rings. The van der Waals surface area contributed by atoms with Crippen molar-refractivity contribution in [1.82, 2.24) is 0 Å². The van der Waals surface area contributed by atoms with Gasteiger partial charge in [-0.2, -0.15) is 13.2 Å². The number of aryl methyl sites for hydroxylation is 1. The first kappa shape index (κ1) is 20.7. The summed E-state index contributed by atoms with van der Waals surface area (Å²) in [5.41, 5.74) is -2.33. The molecular formula is C15H18F5NO2S. The van der Waals surface area contributed by atoms with E-state index in [1.807, 2.05) is 0 Å². The van der Waals surface area contributed by atoms with Crippen LogP contribution in [0.5, 0.6) is 0 Å². The third-order valence-electron chi connectivity index (χ3n) is 3.91. The molecule has 0 radical (unpaired) electrons. The topological polar surface area (TPSA) is 60.2 Å². The van der Waals surface area contributed by atoms with E-state index in [0.29, 0.717) is 0 Å². The number of halogens is 5. The molecule has 0 aromatic heterocycles. The van der Waals surface area contributed by atoms with Crippen molar-refractivity contribution in [2.45, 2.75) is 43.5 Å². The van der Waals surface area contributed by atoms with Crippen molar-refractivity contribution in [3.05, 3.63) is 35.1 Å². The van der Waals surface area contributed by atoms with Crippen LogP contribution >= 0.6 is 0 Å². The van der Waals surface area contributed by atoms with Crippen LogP contribution in [0.4, 0.5) is 22.0 Å². The van der Waals surface area contributed by atoms with Gasteiger partial charge in [-0.3, -0.25) is 14.3 Å². The van der Waals surface area contributed by atoms with E-state index >= 15 is 0 Å². The van der Waals surface area contributed by atoms with Gasteiger partial charge in [0, 0.05) is 17.1 Å². The van der Waals surface area contributed by atoms with E-state index in [2.05, 4.69) is 0 Å². The Bertz CT molecular complexity index is 635. The Balaban J connectivity index is 3.45. The summed E-state index contributed by atoms with van der Waals surface area (Å²) in [6.45, 7) is 1.29. The minimum absolute atomic E-state index is 0.103. The molecule has 0 aliphatic heterocycles. The number of hydrogen-bond acceptors (Lipinski definition) is 2. The van der Waals surface area contributed by atoms with E-state index in [4.69, 9.17) is 5.14 Å². The van der Waals surface area contributed by atoms with Crippen LogP contribution in [0.2, 0.25) is 0 Å². The summed E-state index contributed by atoms with van der Waals surface area (Å²) < 4.78 is 77.6. The molecule has 1 aromatic rings. The fraction of sp³-hybridized carbons (Fsp3) is 0.533. The highest BCUT2D eigenvalue weighted by Crippen LogP contribution is 2.39. The van der Waals surface area contributed by atoms with E-state index in [1.54, 1.807) is 0 Å². The van der Waals surface area contributed by atoms with Gasteiger partial charge < -0.3 is 0 Å². The van der Waals surface area contributed by atoms with E-state index in [0.717, 1.165) is 6.07 Å². The van der Waals surface area contributed by atoms with Crippen molar-refractivity contribution < 1.29 is 31.0 Å². The highest BCUT2D eigenvalue weighted by Gasteiger charge is 2.47. The van der Waals surface area contributed by atoms with E-state index in [1.165, 1.54) is 26.0 Å². The zero-order valence-electron chi connectivity index (χ0n) is 13.1. The van der Waals surface area contributed by atoms with Crippen molar-refractivity contribution in [2.24, 2.45) is 5.14 Å². The Morgan fingerprint density at radius 1 is 1.33 bits per heavy atom. The first-order valence-electron chi connectivity index (χ1n) is 7.01. The molecule has 0 aliphatic carbocycles. The van der Waals surface area contributed by atoms with Crippen molar-refractivity contribution >= 4 is 16.8 Å². The van der Waals surface area contributed by atoms with E-state index in [-0.39, 0.29) is 11.1 Å². The van der Waals surface area contributed by atoms with Gasteiger partial charge in [0.15, 0.2) is 0 Å². The zero-order chi connectivity index (χ0) is 18.7. The van der Waals surface area contributed by atoms with Crippen molar-refractivity contribution in [2.75, 3.05) is 6.67 Å². The van der Waals surface area contributed by atoms with Crippen molar-refractivity contribution in [3.8, 4) is 0 Å². The molecule has 9 heteroatoms. The van der Waals surface area contributed by atoms with Gasteiger partial charge in [-0.25, -0.2) is 8.60 Å². The van der Waals surface area contributed by atoms with Gasteiger partial charge in [-0.05, 0) is 31.4 Å². The molecule has 0 saturated heterocycles. The predicted octanol–water partition coefficient (Wildman–Crippen LogP) is 3.26. The standard InChI is InChI=1S/C15H18F5NO2S/c1-9-4-3-5-11(13(9)17)14(8-16,6-10(2)24(21)23)7-12(22)15(18,19)20/h3-5,10H,6-8,21H2,1-2H3/t10?,14-,24?/m0/s1. The van der Waals surface area contributed by atoms with Gasteiger partial charge in [0.2, 0.25) is 5.78 Å². The number of carbonyl (C=O) groups excluding carboxylic acids is 1. The average molecular weight is 371 g/mol. The quantitative estimate of drug-likeness (QED) is 0.748. The molecule has 1 aromatic carbocycles. The number of hydrogen-bond donors (Lipinski definition) is 1. The normalized spacial score (nSPS) is 17.2. The summed E-state index contributed by atoms with van der Waals surface area (Å²) in [5, 5.41) is 4.28. The number of ketones is 1. The Morgan fingerprint density at radius 3 is 2.38 bits per heavy atom. The zero-order valence-corrected chi connectivity index (χ0v) is 13.9. The van der Waals surface area contributed by atoms with Crippen LogP contribution in [0.1, 0.15) is 30.9 Å². The van der Waals surface area contributed by atoms with Crippen LogP contribution in [0, 0.1) is 12.7 Å². The molecule has 0 amide bonds. The molecule has 0 bridgehead atoms. The van der Waals surface area contributed by atoms with Crippen LogP contribution in [0.15, 0.2) is 18.2 Å². The van der Waals surface area contributed by atoms with Gasteiger partial charge in [-0.1, -0.05) is 18.2 Å². The minimum Gasteiger partial charge on any atom is -0.290 e. The van der Waals surface area contributed by atoms with Gasteiger partial charge in [0.05, 0.1) is 17.7 Å². The Morgan fingerprint density at radius 2 is 1.92 bits per heavy atom. The lowest BCUT2D eigenvalue weighted by atomic mass is 9.73. The molecule has 2 N–H and O–H groups in total. The number of benzene rings is 1. The maximum Gasteiger partial charge on any atom is 0.450 e. The number of Topliss-reactive ketones (excluding diaryl/α,β-unsaturated/α-hetero) is 1. The van der Waals surface area contributed by atoms with E-state index in [9.17, 15) is 31.0 Å². The summed E-state index contributed by atoms with van der Waals surface area (Å²) in [7, 11) is -1.96. The maximum atomic E-state index is 14.4. The molecule has 24 heavy (non-hydrogen) atoms. The maximum absolute atomic E-state index is 14.4. The first-order chi connectivity index (χ1) is 10.9. The Kier molecular flexibility index (Phi) is 6.63. The van der Waals surface area contributed by atoms with Crippen molar-refractivity contribution in [3.63, 3.8) is 0 Å². The molecule has 2 unspecified atom stereocenters. The monoisotopic (exact) mass is 371 g/mol. The Labute approximate surface area is 139 Å². The summed E-state index contributed by atoms with van der Waals surface area (Å²) in [5.74, 6) is -3.06. The lowest BCUT2D eigenvalue weighted by Crippen LogP contribution is -2.41. The van der Waals surface area contributed by atoms with Crippen LogP contribution in [-0.4, -0.2) is 28.1 Å². The minimum atomic E-state index is -5.17. The lowest BCUT2D eigenvalue weighted by Gasteiger charge is -2.33. The van der Waals surface area contributed by atoms with Gasteiger partial charge >= 0.3 is 6.18 Å². The summed E-state index contributed by atoms with van der Waals surface area (Å²) in [6, 6.07) is 3.87. The fourth-order valence-corrected chi connectivity index (χ4v) is 3.03. The molecule has 3 nitrogen and oxygen atoms in total. The molecule has 3 atom stereocenters. The highest BCUT2D eigenvalue weighted by atomic mass is 32.2. The molecular weight excluding hydrogens is 353 g/mol. The van der Waals surface area contributed by atoms with Crippen LogP contribution < -0.4 is 5.14 Å². The smallest absolute Gasteiger partial charge is 0.290 e. The number of nitrogens with two attached hydrogens (primary N) is 1. The van der Waals surface area contributed by atoms with Gasteiger partial charge in [-0.15, -0.1) is 0 Å². The van der Waals surface area contributed by atoms with E-state index < -0.39 is 58.9 Å². The molecule has 136 valence electrons. The average Bonchev–Trinajstić information content (AvgIpc) is 2.48. The second-order valence-electron chi connectivity index (χ2n) is 5.79. The SMILES string of the molecule is Cc1cccc([C@](CF)(CC(=O)C(F)(F)F)CC(C)S(N)=O)c1F. The van der Waals surface area contributed by atoms with Gasteiger partial charge in [0.1, 0.15) is 5.82 Å². The van der Waals surface area contributed by atoms with Crippen LogP contribution in [-0.2, 0) is 21.2 Å². The lowest BCUT2D eigenvalue weighted by molar-refractivity contribution is -0.172. The molecule has 0 heterocycles. The second-order valence-corrected chi connectivity index (χ2v) is 7.25. The Hall–Kier alpha value is -1.35. The first-order valence-corrected chi connectivity index (χ1v) is 8.29. The highest BCUT2D eigenvalue weighted by molar-refractivity contribution is 7.83. The third-order valence-corrected chi connectivity index (χ3v) is 4.87. The number of carbonyl (C=O) groups is 1. The molecule has 0 fully saturated rings. The molecule has 0 saturated carbocycles. The summed E-state index contributed by atoms with van der Waals surface area (Å²) in [4.78, 5) is 11.4. The predicted molar refractivity (Wildman–Crippen MR) is 80.9 cm³/mol. The number of alkyl halides is 4. The molecule has 1 rings (SSSR count). The van der Waals surface area contributed by atoms with Crippen molar-refractivity contribution in [1.29, 1.82) is 0 Å². The second kappa shape index (κ2) is 7.69. The summed E-state index contributed by atoms with van der Waals surface area (Å²) >= 11 is 0. The number of rotatable bonds is 7. The van der Waals surface area contributed by atoms with Crippen LogP contribution in [0.25, 0.3) is 0 Å². The van der Waals surface area contributed by atoms with Crippen LogP contribution in [0.3, 0.4) is 0 Å². The fourth-order valence-electron chi connectivity index (χ4n) is 2.55.